The molecule has 2 nitrogen and oxygen atoms in total. The van der Waals surface area contributed by atoms with Gasteiger partial charge in [-0.05, 0) is 46.2 Å². The highest BCUT2D eigenvalue weighted by Gasteiger charge is 2.23. The van der Waals surface area contributed by atoms with Gasteiger partial charge < -0.3 is 9.64 Å². The Kier molecular flexibility index (Phi) is 3.74. The number of hydrogen-bond donors (Lipinski definition) is 0. The Labute approximate surface area is 82.3 Å². The van der Waals surface area contributed by atoms with Crippen molar-refractivity contribution in [2.24, 2.45) is 5.92 Å². The number of nitrogens with zero attached hydrogens (tertiary/aromatic N) is 1. The molecule has 0 unspecified atom stereocenters. The molecule has 1 fully saturated rings. The minimum atomic E-state index is 0.0274. The van der Waals surface area contributed by atoms with E-state index in [1.54, 1.807) is 0 Å². The fourth-order valence-electron chi connectivity index (χ4n) is 1.70. The standard InChI is InChI=1S/C11H23NO/c1-5-12-7-6-10(8-12)9-13-11(2,3)4/h10H,5-9H2,1-4H3/t10-/m0/s1. The van der Waals surface area contributed by atoms with E-state index in [0.29, 0.717) is 0 Å². The number of ether oxygens (including phenoxy) is 1. The van der Waals surface area contributed by atoms with Gasteiger partial charge in [-0.2, -0.15) is 0 Å². The van der Waals surface area contributed by atoms with Gasteiger partial charge in [0.05, 0.1) is 12.2 Å². The van der Waals surface area contributed by atoms with Crippen LogP contribution >= 0.6 is 0 Å². The topological polar surface area (TPSA) is 12.5 Å². The summed E-state index contributed by atoms with van der Waals surface area (Å²) in [7, 11) is 0. The Morgan fingerprint density at radius 1 is 1.38 bits per heavy atom. The van der Waals surface area contributed by atoms with Gasteiger partial charge in [0, 0.05) is 6.54 Å². The molecule has 1 rings (SSSR count). The van der Waals surface area contributed by atoms with Crippen LogP contribution in [0.3, 0.4) is 0 Å². The third kappa shape index (κ3) is 4.10. The minimum Gasteiger partial charge on any atom is -0.376 e. The zero-order chi connectivity index (χ0) is 9.90. The molecule has 1 heterocycles. The molecular weight excluding hydrogens is 162 g/mol. The molecule has 0 radical (unpaired) electrons. The average Bonchev–Trinajstić information content (AvgIpc) is 2.47. The summed E-state index contributed by atoms with van der Waals surface area (Å²) in [6, 6.07) is 0. The van der Waals surface area contributed by atoms with Gasteiger partial charge in [-0.3, -0.25) is 0 Å². The first-order chi connectivity index (χ1) is 6.01. The SMILES string of the molecule is CCN1CC[C@H](COC(C)(C)C)C1. The minimum absolute atomic E-state index is 0.0274. The zero-order valence-corrected chi connectivity index (χ0v) is 9.47. The molecule has 1 saturated heterocycles. The molecule has 1 aliphatic heterocycles. The van der Waals surface area contributed by atoms with Gasteiger partial charge in [-0.25, -0.2) is 0 Å². The van der Waals surface area contributed by atoms with E-state index in [0.717, 1.165) is 12.5 Å². The molecule has 0 saturated carbocycles. The van der Waals surface area contributed by atoms with Crippen molar-refractivity contribution in [3.63, 3.8) is 0 Å². The van der Waals surface area contributed by atoms with Crippen molar-refractivity contribution in [3.05, 3.63) is 0 Å². The van der Waals surface area contributed by atoms with Crippen LogP contribution in [0, 0.1) is 5.92 Å². The quantitative estimate of drug-likeness (QED) is 0.668. The number of hydrogen-bond acceptors (Lipinski definition) is 2. The molecule has 0 aromatic carbocycles. The molecule has 78 valence electrons. The van der Waals surface area contributed by atoms with Crippen molar-refractivity contribution < 1.29 is 4.74 Å². The van der Waals surface area contributed by atoms with Gasteiger partial charge in [-0.15, -0.1) is 0 Å². The van der Waals surface area contributed by atoms with Crippen LogP contribution < -0.4 is 0 Å². The van der Waals surface area contributed by atoms with Crippen molar-refractivity contribution in [1.29, 1.82) is 0 Å². The Morgan fingerprint density at radius 3 is 2.54 bits per heavy atom. The van der Waals surface area contributed by atoms with E-state index in [1.807, 2.05) is 0 Å². The lowest BCUT2D eigenvalue weighted by molar-refractivity contribution is -0.0204. The van der Waals surface area contributed by atoms with Crippen molar-refractivity contribution in [2.45, 2.75) is 39.7 Å². The van der Waals surface area contributed by atoms with E-state index in [-0.39, 0.29) is 5.60 Å². The molecule has 0 N–H and O–H groups in total. The summed E-state index contributed by atoms with van der Waals surface area (Å²) >= 11 is 0. The second-order valence-corrected chi connectivity index (χ2v) is 4.97. The summed E-state index contributed by atoms with van der Waals surface area (Å²) in [6.07, 6.45) is 1.31. The van der Waals surface area contributed by atoms with Crippen LogP contribution in [-0.2, 0) is 4.74 Å². The van der Waals surface area contributed by atoms with E-state index < -0.39 is 0 Å². The summed E-state index contributed by atoms with van der Waals surface area (Å²) < 4.78 is 5.78. The van der Waals surface area contributed by atoms with E-state index in [4.69, 9.17) is 4.74 Å². The first-order valence-electron chi connectivity index (χ1n) is 5.37. The Balaban J connectivity index is 2.17. The van der Waals surface area contributed by atoms with Gasteiger partial charge in [0.25, 0.3) is 0 Å². The largest absolute Gasteiger partial charge is 0.376 e. The third-order valence-electron chi connectivity index (χ3n) is 2.57. The maximum absolute atomic E-state index is 5.78. The summed E-state index contributed by atoms with van der Waals surface area (Å²) in [4.78, 5) is 2.50. The summed E-state index contributed by atoms with van der Waals surface area (Å²) in [6.45, 7) is 13.2. The molecule has 0 bridgehead atoms. The van der Waals surface area contributed by atoms with Gasteiger partial charge in [0.2, 0.25) is 0 Å². The molecule has 2 heteroatoms. The molecule has 1 aliphatic rings. The lowest BCUT2D eigenvalue weighted by atomic mass is 10.1. The summed E-state index contributed by atoms with van der Waals surface area (Å²) in [5.41, 5.74) is 0.0274. The summed E-state index contributed by atoms with van der Waals surface area (Å²) in [5, 5.41) is 0. The molecule has 13 heavy (non-hydrogen) atoms. The fraction of sp³-hybridized carbons (Fsp3) is 1.00. The predicted molar refractivity (Wildman–Crippen MR) is 55.9 cm³/mol. The van der Waals surface area contributed by atoms with Crippen LogP contribution in [0.5, 0.6) is 0 Å². The van der Waals surface area contributed by atoms with Gasteiger partial charge in [0.1, 0.15) is 0 Å². The lowest BCUT2D eigenvalue weighted by Gasteiger charge is -2.22. The van der Waals surface area contributed by atoms with Crippen LogP contribution in [0.25, 0.3) is 0 Å². The van der Waals surface area contributed by atoms with Crippen molar-refractivity contribution in [3.8, 4) is 0 Å². The van der Waals surface area contributed by atoms with Gasteiger partial charge in [0.15, 0.2) is 0 Å². The molecule has 0 amide bonds. The lowest BCUT2D eigenvalue weighted by Crippen LogP contribution is -2.26. The fourth-order valence-corrected chi connectivity index (χ4v) is 1.70. The second-order valence-electron chi connectivity index (χ2n) is 4.97. The van der Waals surface area contributed by atoms with E-state index >= 15 is 0 Å². The van der Waals surface area contributed by atoms with Crippen LogP contribution in [0.15, 0.2) is 0 Å². The van der Waals surface area contributed by atoms with Crippen molar-refractivity contribution >= 4 is 0 Å². The molecule has 1 atom stereocenters. The van der Waals surface area contributed by atoms with Crippen LogP contribution in [0.4, 0.5) is 0 Å². The monoisotopic (exact) mass is 185 g/mol. The molecule has 0 aliphatic carbocycles. The Morgan fingerprint density at radius 2 is 2.08 bits per heavy atom. The molecule has 0 spiro atoms. The highest BCUT2D eigenvalue weighted by Crippen LogP contribution is 2.18. The van der Waals surface area contributed by atoms with Crippen LogP contribution in [0.2, 0.25) is 0 Å². The van der Waals surface area contributed by atoms with Crippen molar-refractivity contribution in [1.82, 2.24) is 4.90 Å². The first-order valence-corrected chi connectivity index (χ1v) is 5.37. The van der Waals surface area contributed by atoms with E-state index in [9.17, 15) is 0 Å². The van der Waals surface area contributed by atoms with Crippen LogP contribution in [-0.4, -0.2) is 36.7 Å². The Hall–Kier alpha value is -0.0800. The van der Waals surface area contributed by atoms with Gasteiger partial charge in [-0.1, -0.05) is 6.92 Å². The second kappa shape index (κ2) is 4.43. The Bertz CT molecular complexity index is 151. The molecule has 0 aromatic heterocycles. The molecule has 0 aromatic rings. The smallest absolute Gasteiger partial charge is 0.0598 e. The third-order valence-corrected chi connectivity index (χ3v) is 2.57. The summed E-state index contributed by atoms with van der Waals surface area (Å²) in [5.74, 6) is 0.763. The highest BCUT2D eigenvalue weighted by molar-refractivity contribution is 4.75. The maximum Gasteiger partial charge on any atom is 0.0598 e. The van der Waals surface area contributed by atoms with Crippen LogP contribution in [0.1, 0.15) is 34.1 Å². The number of rotatable bonds is 3. The van der Waals surface area contributed by atoms with Gasteiger partial charge >= 0.3 is 0 Å². The number of likely N-dealkylation sites (tertiary alicyclic amines) is 1. The highest BCUT2D eigenvalue weighted by atomic mass is 16.5. The van der Waals surface area contributed by atoms with E-state index in [2.05, 4.69) is 32.6 Å². The zero-order valence-electron chi connectivity index (χ0n) is 9.47. The first kappa shape index (κ1) is 11.0. The normalized spacial score (nSPS) is 25.4. The maximum atomic E-state index is 5.78. The predicted octanol–water partition coefficient (Wildman–Crippen LogP) is 2.14. The molecular formula is C11H23NO. The van der Waals surface area contributed by atoms with Crippen molar-refractivity contribution in [2.75, 3.05) is 26.2 Å². The van der Waals surface area contributed by atoms with E-state index in [1.165, 1.54) is 26.1 Å². The average molecular weight is 185 g/mol.